The van der Waals surface area contributed by atoms with Gasteiger partial charge < -0.3 is 10.6 Å². The lowest BCUT2D eigenvalue weighted by atomic mass is 10.2. The van der Waals surface area contributed by atoms with Crippen LogP contribution < -0.4 is 15.4 Å². The zero-order valence-electron chi connectivity index (χ0n) is 15.2. The molecule has 1 saturated carbocycles. The Morgan fingerprint density at radius 1 is 1.22 bits per heavy atom. The Balaban J connectivity index is 0.00000364. The van der Waals surface area contributed by atoms with Crippen LogP contribution in [0.2, 0.25) is 0 Å². The van der Waals surface area contributed by atoms with Crippen molar-refractivity contribution in [1.29, 1.82) is 0 Å². The van der Waals surface area contributed by atoms with Gasteiger partial charge in [0.2, 0.25) is 10.0 Å². The van der Waals surface area contributed by atoms with Crippen LogP contribution in [0.4, 0.5) is 5.69 Å². The van der Waals surface area contributed by atoms with Crippen molar-refractivity contribution in [2.45, 2.75) is 38.3 Å². The monoisotopic (exact) mass is 511 g/mol. The summed E-state index contributed by atoms with van der Waals surface area (Å²) in [4.78, 5) is 14.8. The van der Waals surface area contributed by atoms with E-state index >= 15 is 0 Å². The summed E-state index contributed by atoms with van der Waals surface area (Å²) in [5, 5.41) is 17.2. The van der Waals surface area contributed by atoms with Gasteiger partial charge in [-0.1, -0.05) is 25.0 Å². The van der Waals surface area contributed by atoms with Gasteiger partial charge >= 0.3 is 0 Å². The lowest BCUT2D eigenvalue weighted by Gasteiger charge is -2.17. The van der Waals surface area contributed by atoms with Crippen LogP contribution in [-0.2, 0) is 16.6 Å². The van der Waals surface area contributed by atoms with Crippen molar-refractivity contribution in [1.82, 2.24) is 15.4 Å². The normalized spacial score (nSPS) is 15.2. The van der Waals surface area contributed by atoms with Gasteiger partial charge in [0, 0.05) is 31.3 Å². The second-order valence-electron chi connectivity index (χ2n) is 6.31. The lowest BCUT2D eigenvalue weighted by molar-refractivity contribution is -0.384. The van der Waals surface area contributed by atoms with Crippen LogP contribution in [0.5, 0.6) is 0 Å². The van der Waals surface area contributed by atoms with E-state index in [9.17, 15) is 18.5 Å². The summed E-state index contributed by atoms with van der Waals surface area (Å²) in [6.45, 7) is 1.05. The molecular weight excluding hydrogens is 485 g/mol. The van der Waals surface area contributed by atoms with Crippen molar-refractivity contribution >= 4 is 45.6 Å². The number of hydrogen-bond donors (Lipinski definition) is 3. The number of nitrogens with one attached hydrogen (secondary N) is 3. The van der Waals surface area contributed by atoms with Gasteiger partial charge in [0.25, 0.3) is 5.69 Å². The Hall–Kier alpha value is -1.47. The minimum atomic E-state index is -3.22. The Bertz CT molecular complexity index is 734. The zero-order valence-corrected chi connectivity index (χ0v) is 18.3. The van der Waals surface area contributed by atoms with Crippen molar-refractivity contribution in [3.63, 3.8) is 0 Å². The van der Waals surface area contributed by atoms with E-state index in [1.807, 2.05) is 0 Å². The molecule has 0 atom stereocenters. The highest BCUT2D eigenvalue weighted by Crippen LogP contribution is 2.17. The lowest BCUT2D eigenvalue weighted by Crippen LogP contribution is -2.45. The topological polar surface area (TPSA) is 126 Å². The van der Waals surface area contributed by atoms with Crippen LogP contribution in [0.15, 0.2) is 29.3 Å². The van der Waals surface area contributed by atoms with E-state index in [1.54, 1.807) is 12.1 Å². The third-order valence-corrected chi connectivity index (χ3v) is 4.77. The van der Waals surface area contributed by atoms with E-state index in [0.29, 0.717) is 25.1 Å². The summed E-state index contributed by atoms with van der Waals surface area (Å²) >= 11 is 0. The summed E-state index contributed by atoms with van der Waals surface area (Å²) in [5.41, 5.74) is 0.907. The molecule has 0 unspecified atom stereocenters. The highest BCUT2D eigenvalue weighted by atomic mass is 127. The van der Waals surface area contributed by atoms with Crippen LogP contribution in [0, 0.1) is 10.1 Å². The molecule has 1 aliphatic carbocycles. The number of halogens is 1. The first-order valence-corrected chi connectivity index (χ1v) is 10.5. The molecule has 0 spiro atoms. The number of aliphatic imine (C=N–C) groups is 1. The molecule has 0 heterocycles. The predicted octanol–water partition coefficient (Wildman–Crippen LogP) is 1.74. The molecule has 0 amide bonds. The van der Waals surface area contributed by atoms with Gasteiger partial charge in [-0.15, -0.1) is 24.0 Å². The van der Waals surface area contributed by atoms with E-state index in [2.05, 4.69) is 20.3 Å². The molecule has 11 heteroatoms. The fourth-order valence-corrected chi connectivity index (χ4v) is 3.20. The van der Waals surface area contributed by atoms with Crippen LogP contribution >= 0.6 is 24.0 Å². The van der Waals surface area contributed by atoms with Crippen molar-refractivity contribution in [2.24, 2.45) is 4.99 Å². The van der Waals surface area contributed by atoms with E-state index < -0.39 is 14.9 Å². The number of rotatable bonds is 8. The Morgan fingerprint density at radius 2 is 1.85 bits per heavy atom. The minimum absolute atomic E-state index is 0. The molecule has 1 aromatic carbocycles. The van der Waals surface area contributed by atoms with Gasteiger partial charge in [-0.3, -0.25) is 10.1 Å². The fraction of sp³-hybridized carbons (Fsp3) is 0.562. The van der Waals surface area contributed by atoms with Gasteiger partial charge in [0.05, 0.1) is 17.7 Å². The largest absolute Gasteiger partial charge is 0.355 e. The summed E-state index contributed by atoms with van der Waals surface area (Å²) in [6, 6.07) is 6.64. The second kappa shape index (κ2) is 11.4. The van der Waals surface area contributed by atoms with Gasteiger partial charge in [-0.2, -0.15) is 0 Å². The molecule has 27 heavy (non-hydrogen) atoms. The van der Waals surface area contributed by atoms with E-state index in [0.717, 1.165) is 24.7 Å². The number of nitro groups is 1. The smallest absolute Gasteiger partial charge is 0.269 e. The molecule has 0 aliphatic heterocycles. The predicted molar refractivity (Wildman–Crippen MR) is 116 cm³/mol. The number of benzene rings is 1. The maximum Gasteiger partial charge on any atom is 0.269 e. The number of guanidine groups is 1. The molecule has 152 valence electrons. The van der Waals surface area contributed by atoms with Crippen molar-refractivity contribution in [2.75, 3.05) is 19.3 Å². The summed E-state index contributed by atoms with van der Waals surface area (Å²) in [7, 11) is -3.22. The first kappa shape index (κ1) is 23.6. The quantitative estimate of drug-likeness (QED) is 0.122. The molecule has 2 rings (SSSR count). The van der Waals surface area contributed by atoms with Crippen LogP contribution in [0.3, 0.4) is 0 Å². The average Bonchev–Trinajstić information content (AvgIpc) is 3.08. The maximum absolute atomic E-state index is 11.1. The third kappa shape index (κ3) is 9.33. The average molecular weight is 511 g/mol. The molecule has 0 radical (unpaired) electrons. The molecule has 0 aromatic heterocycles. The second-order valence-corrected chi connectivity index (χ2v) is 8.14. The van der Waals surface area contributed by atoms with Gasteiger partial charge in [-0.25, -0.2) is 18.1 Å². The standard InChI is InChI=1S/C16H25N5O4S.HI/c1-26(24,25)19-11-10-17-16(20-14-4-2-3-5-14)18-12-13-6-8-15(9-7-13)21(22)23;/h6-9,14,19H,2-5,10-12H2,1H3,(H2,17,18,20);1H. The molecule has 1 aliphatic rings. The molecule has 9 nitrogen and oxygen atoms in total. The summed E-state index contributed by atoms with van der Waals surface area (Å²) < 4.78 is 24.6. The Kier molecular flexibility index (Phi) is 9.94. The van der Waals surface area contributed by atoms with Gasteiger partial charge in [0.15, 0.2) is 5.96 Å². The Labute approximate surface area is 176 Å². The molecule has 1 fully saturated rings. The van der Waals surface area contributed by atoms with Gasteiger partial charge in [0.1, 0.15) is 0 Å². The number of sulfonamides is 1. The van der Waals surface area contributed by atoms with E-state index in [1.165, 1.54) is 25.0 Å². The first-order chi connectivity index (χ1) is 12.3. The number of hydrogen-bond acceptors (Lipinski definition) is 5. The molecule has 0 bridgehead atoms. The van der Waals surface area contributed by atoms with Crippen molar-refractivity contribution in [3.05, 3.63) is 39.9 Å². The van der Waals surface area contributed by atoms with Crippen LogP contribution in [0.1, 0.15) is 31.2 Å². The SMILES string of the molecule is CS(=O)(=O)NCCNC(=NCc1ccc([N+](=O)[O-])cc1)NC1CCCC1.I. The fourth-order valence-electron chi connectivity index (χ4n) is 2.73. The Morgan fingerprint density at radius 3 is 2.41 bits per heavy atom. The number of non-ortho nitro benzene ring substituents is 1. The van der Waals surface area contributed by atoms with Crippen LogP contribution in [-0.4, -0.2) is 44.7 Å². The third-order valence-electron chi connectivity index (χ3n) is 4.04. The number of nitro benzene ring substituents is 1. The zero-order chi connectivity index (χ0) is 19.0. The molecular formula is C16H26IN5O4S. The van der Waals surface area contributed by atoms with Crippen LogP contribution in [0.25, 0.3) is 0 Å². The summed E-state index contributed by atoms with van der Waals surface area (Å²) in [6.07, 6.45) is 5.65. The highest BCUT2D eigenvalue weighted by Gasteiger charge is 2.16. The first-order valence-electron chi connectivity index (χ1n) is 8.56. The number of nitrogens with zero attached hydrogens (tertiary/aromatic N) is 2. The van der Waals surface area contributed by atoms with E-state index in [4.69, 9.17) is 0 Å². The maximum atomic E-state index is 11.1. The van der Waals surface area contributed by atoms with Gasteiger partial charge in [-0.05, 0) is 18.4 Å². The van der Waals surface area contributed by atoms with E-state index in [-0.39, 0.29) is 36.2 Å². The molecule has 3 N–H and O–H groups in total. The van der Waals surface area contributed by atoms with Crippen molar-refractivity contribution < 1.29 is 13.3 Å². The summed E-state index contributed by atoms with van der Waals surface area (Å²) in [5.74, 6) is 0.616. The molecule has 1 aromatic rings. The highest BCUT2D eigenvalue weighted by molar-refractivity contribution is 14.0. The van der Waals surface area contributed by atoms with Crippen molar-refractivity contribution in [3.8, 4) is 0 Å². The minimum Gasteiger partial charge on any atom is -0.355 e. The molecule has 0 saturated heterocycles.